The number of carbonyl (C=O) groups is 4. The van der Waals surface area contributed by atoms with Crippen LogP contribution in [0.2, 0.25) is 0 Å². The molecular weight excluding hydrogens is 755 g/mol. The molecule has 0 radical (unpaired) electrons. The third-order valence-electron chi connectivity index (χ3n) is 8.49. The Kier molecular flexibility index (Phi) is 17.3. The first-order valence-corrected chi connectivity index (χ1v) is 20.0. The topological polar surface area (TPSA) is 233 Å². The van der Waals surface area contributed by atoms with Crippen molar-refractivity contribution in [2.45, 2.75) is 63.5 Å². The molecule has 0 aliphatic heterocycles. The molecule has 0 bridgehead atoms. The first-order valence-electron chi connectivity index (χ1n) is 18.5. The number of hydrazine groups is 1. The Balaban J connectivity index is 1.21. The van der Waals surface area contributed by atoms with Crippen LogP contribution in [0.1, 0.15) is 66.6 Å². The smallest absolute Gasteiger partial charge is 0.327 e. The van der Waals surface area contributed by atoms with E-state index in [2.05, 4.69) is 42.0 Å². The quantitative estimate of drug-likeness (QED) is 0.0249. The van der Waals surface area contributed by atoms with Crippen LogP contribution in [0, 0.1) is 6.92 Å². The van der Waals surface area contributed by atoms with Gasteiger partial charge in [0.1, 0.15) is 5.56 Å². The average molecular weight is 805 g/mol. The highest BCUT2D eigenvalue weighted by Gasteiger charge is 2.24. The number of amides is 4. The predicted molar refractivity (Wildman–Crippen MR) is 213 cm³/mol. The third-order valence-corrected chi connectivity index (χ3v) is 9.87. The van der Waals surface area contributed by atoms with Crippen molar-refractivity contribution >= 4 is 50.7 Å². The van der Waals surface area contributed by atoms with Crippen LogP contribution in [-0.2, 0) is 35.9 Å². The van der Waals surface area contributed by atoms with Gasteiger partial charge in [-0.1, -0.05) is 25.0 Å². The lowest BCUT2D eigenvalue weighted by Crippen LogP contribution is -2.45. The summed E-state index contributed by atoms with van der Waals surface area (Å²) in [5, 5.41) is 16.8. The number of carbonyl (C=O) groups excluding carboxylic acids is 4. The number of pyridine rings is 2. The van der Waals surface area contributed by atoms with Crippen molar-refractivity contribution in [1.29, 1.82) is 0 Å². The second-order valence-corrected chi connectivity index (χ2v) is 14.7. The number of rotatable bonds is 22. The van der Waals surface area contributed by atoms with Crippen molar-refractivity contribution in [1.82, 2.24) is 26.5 Å². The molecule has 0 fully saturated rings. The number of nitrogens with one attached hydrogen (secondary N) is 7. The minimum Gasteiger partial charge on any atom is -0.396 e. The zero-order valence-electron chi connectivity index (χ0n) is 31.9. The molecule has 4 aromatic rings. The maximum absolute atomic E-state index is 13.3. The molecule has 4 amide bonds. The van der Waals surface area contributed by atoms with E-state index in [1.807, 2.05) is 12.1 Å². The molecule has 304 valence electrons. The van der Waals surface area contributed by atoms with Crippen LogP contribution in [0.5, 0.6) is 0 Å². The molecule has 0 aliphatic carbocycles. The van der Waals surface area contributed by atoms with Gasteiger partial charge in [-0.3, -0.25) is 44.6 Å². The Morgan fingerprint density at radius 3 is 2.40 bits per heavy atom. The Bertz CT molecular complexity index is 2070. The van der Waals surface area contributed by atoms with Gasteiger partial charge in [0, 0.05) is 63.0 Å². The molecule has 0 saturated carbocycles. The molecule has 2 aromatic carbocycles. The third kappa shape index (κ3) is 14.6. The number of anilines is 3. The van der Waals surface area contributed by atoms with Gasteiger partial charge in [-0.25, -0.2) is 13.9 Å². The highest BCUT2D eigenvalue weighted by Crippen LogP contribution is 2.23. The number of unbranched alkanes of at least 4 members (excludes halogenated alkanes) is 3. The lowest BCUT2D eigenvalue weighted by molar-refractivity contribution is -0.705. The van der Waals surface area contributed by atoms with Crippen LogP contribution in [0.3, 0.4) is 0 Å². The van der Waals surface area contributed by atoms with Gasteiger partial charge < -0.3 is 21.1 Å². The molecule has 0 saturated heterocycles. The predicted octanol–water partition coefficient (Wildman–Crippen LogP) is 2.63. The van der Waals surface area contributed by atoms with Crippen LogP contribution in [0.15, 0.2) is 96.4 Å². The fraction of sp³-hybridized carbons (Fsp3) is 0.333. The number of aliphatic hydroxyl groups excluding tert-OH is 1. The second-order valence-electron chi connectivity index (χ2n) is 13.0. The summed E-state index contributed by atoms with van der Waals surface area (Å²) in [6.07, 6.45) is 10.7. The minimum atomic E-state index is -4.09. The lowest BCUT2D eigenvalue weighted by atomic mass is 10.2. The molecule has 2 aromatic heterocycles. The largest absolute Gasteiger partial charge is 0.396 e. The molecule has 0 aliphatic rings. The summed E-state index contributed by atoms with van der Waals surface area (Å²) in [7, 11) is -4.09. The standard InChI is InChI=1S/C39H49N9O8S/c1-28-23-33(15-16-35(28)45-46-39(53)38(52)42-19-10-22-49)47-57(54,55)34-14-7-13-32(24-34)44-36(50)29(2)48-21-9-12-31(26-48)37(51)41-18-5-3-4-6-20-43-56-27-30-11-8-17-40-25-30/h7-9,11-17,21,23-26,29,43,49H,3-6,10,18-20,22,27H2,1-2H3,(H5-,41,42,44,45,46,47,50,51,52,53)/p+1. The second kappa shape index (κ2) is 22.6. The molecule has 2 heterocycles. The fourth-order valence-electron chi connectivity index (χ4n) is 5.28. The zero-order chi connectivity index (χ0) is 41.0. The van der Waals surface area contributed by atoms with E-state index in [9.17, 15) is 27.6 Å². The maximum atomic E-state index is 13.3. The van der Waals surface area contributed by atoms with Crippen LogP contribution in [0.4, 0.5) is 17.1 Å². The summed E-state index contributed by atoms with van der Waals surface area (Å²) in [5.74, 6) is -2.49. The monoisotopic (exact) mass is 804 g/mol. The molecule has 1 atom stereocenters. The number of aliphatic hydroxyl groups is 1. The van der Waals surface area contributed by atoms with Crippen molar-refractivity contribution in [2.75, 3.05) is 41.7 Å². The molecular formula is C39H50N9O8S+. The van der Waals surface area contributed by atoms with E-state index in [1.54, 1.807) is 61.4 Å². The van der Waals surface area contributed by atoms with Crippen molar-refractivity contribution in [3.63, 3.8) is 0 Å². The fourth-order valence-corrected chi connectivity index (χ4v) is 6.38. The van der Waals surface area contributed by atoms with Crippen LogP contribution >= 0.6 is 0 Å². The van der Waals surface area contributed by atoms with Crippen LogP contribution in [0.25, 0.3) is 0 Å². The van der Waals surface area contributed by atoms with E-state index < -0.39 is 33.8 Å². The van der Waals surface area contributed by atoms with Gasteiger partial charge in [0.05, 0.1) is 17.2 Å². The summed E-state index contributed by atoms with van der Waals surface area (Å²) in [6.45, 7) is 5.06. The van der Waals surface area contributed by atoms with Crippen LogP contribution < -0.4 is 41.6 Å². The Hall–Kier alpha value is -5.95. The number of hydroxylamine groups is 1. The minimum absolute atomic E-state index is 0.0962. The summed E-state index contributed by atoms with van der Waals surface area (Å²) in [5.41, 5.74) is 10.7. The zero-order valence-corrected chi connectivity index (χ0v) is 32.7. The number of nitrogens with zero attached hydrogens (tertiary/aromatic N) is 2. The van der Waals surface area contributed by atoms with Crippen molar-refractivity contribution in [2.24, 2.45) is 0 Å². The lowest BCUT2D eigenvalue weighted by Gasteiger charge is -2.14. The van der Waals surface area contributed by atoms with Gasteiger partial charge in [0.25, 0.3) is 21.8 Å². The van der Waals surface area contributed by atoms with Crippen molar-refractivity contribution in [3.8, 4) is 0 Å². The molecule has 8 N–H and O–H groups in total. The van der Waals surface area contributed by atoms with E-state index in [4.69, 9.17) is 9.94 Å². The van der Waals surface area contributed by atoms with E-state index >= 15 is 0 Å². The highest BCUT2D eigenvalue weighted by molar-refractivity contribution is 7.92. The van der Waals surface area contributed by atoms with E-state index in [-0.39, 0.29) is 35.3 Å². The number of benzene rings is 2. The Labute approximate surface area is 332 Å². The Morgan fingerprint density at radius 2 is 1.65 bits per heavy atom. The maximum Gasteiger partial charge on any atom is 0.327 e. The molecule has 1 unspecified atom stereocenters. The first kappa shape index (κ1) is 43.8. The first-order chi connectivity index (χ1) is 27.5. The molecule has 4 rings (SSSR count). The van der Waals surface area contributed by atoms with Crippen molar-refractivity contribution in [3.05, 3.63) is 108 Å². The number of hydrogen-bond acceptors (Lipinski definition) is 11. The number of aryl methyl sites for hydroxylation is 1. The van der Waals surface area contributed by atoms with Gasteiger partial charge in [0.15, 0.2) is 12.4 Å². The normalized spacial score (nSPS) is 11.6. The van der Waals surface area contributed by atoms with Crippen molar-refractivity contribution < 1.29 is 42.1 Å². The number of hydrogen-bond donors (Lipinski definition) is 8. The number of sulfonamides is 1. The van der Waals surface area contributed by atoms with Gasteiger partial charge >= 0.3 is 11.8 Å². The molecule has 57 heavy (non-hydrogen) atoms. The number of aromatic nitrogens is 2. The van der Waals surface area contributed by atoms with E-state index in [1.165, 1.54) is 36.4 Å². The average Bonchev–Trinajstić information content (AvgIpc) is 3.21. The summed E-state index contributed by atoms with van der Waals surface area (Å²) in [6, 6.07) is 16.8. The molecule has 17 nitrogen and oxygen atoms in total. The summed E-state index contributed by atoms with van der Waals surface area (Å²) in [4.78, 5) is 59.3. The summed E-state index contributed by atoms with van der Waals surface area (Å²) >= 11 is 0. The van der Waals surface area contributed by atoms with Crippen LogP contribution in [-0.4, -0.2) is 68.4 Å². The summed E-state index contributed by atoms with van der Waals surface area (Å²) < 4.78 is 30.7. The van der Waals surface area contributed by atoms with Gasteiger partial charge in [-0.2, -0.15) is 4.57 Å². The van der Waals surface area contributed by atoms with Gasteiger partial charge in [-0.15, -0.1) is 0 Å². The Morgan fingerprint density at radius 1 is 0.860 bits per heavy atom. The molecule has 18 heteroatoms. The highest BCUT2D eigenvalue weighted by atomic mass is 32.2. The van der Waals surface area contributed by atoms with Gasteiger partial charge in [0.2, 0.25) is 6.04 Å². The van der Waals surface area contributed by atoms with E-state index in [0.29, 0.717) is 36.4 Å². The van der Waals surface area contributed by atoms with E-state index in [0.717, 1.165) is 37.8 Å². The SMILES string of the molecule is Cc1cc(NS(=O)(=O)c2cccc(NC(=O)C(C)[n+]3cccc(C(=O)NCCCCCCNOCc4cccnc4)c3)c2)ccc1NNC(=O)C(=O)NCCCO. The van der Waals surface area contributed by atoms with Gasteiger partial charge in [-0.05, 0) is 85.8 Å². The molecule has 0 spiro atoms.